The Kier molecular flexibility index (Phi) is 9.62. The van der Waals surface area contributed by atoms with E-state index in [1.807, 2.05) is 19.3 Å². The van der Waals surface area contributed by atoms with Crippen LogP contribution in [0.4, 0.5) is 19.0 Å². The molecule has 0 aliphatic carbocycles. The summed E-state index contributed by atoms with van der Waals surface area (Å²) in [4.78, 5) is 30.8. The van der Waals surface area contributed by atoms with Crippen molar-refractivity contribution in [3.8, 4) is 17.3 Å². The first kappa shape index (κ1) is 34.9. The van der Waals surface area contributed by atoms with Gasteiger partial charge in [-0.3, -0.25) is 14.7 Å². The number of likely N-dealkylation sites (tertiary alicyclic amines) is 1. The van der Waals surface area contributed by atoms with Crippen molar-refractivity contribution < 1.29 is 32.0 Å². The van der Waals surface area contributed by atoms with E-state index in [1.165, 1.54) is 12.3 Å². The van der Waals surface area contributed by atoms with Crippen molar-refractivity contribution in [2.24, 2.45) is 5.92 Å². The van der Waals surface area contributed by atoms with Crippen LogP contribution in [0.25, 0.3) is 32.9 Å². The largest absolute Gasteiger partial charge is 0.443 e. The van der Waals surface area contributed by atoms with Gasteiger partial charge < -0.3 is 19.7 Å². The third kappa shape index (κ3) is 6.63. The SMILES string of the molecule is C[N+](=CC1CCN(C(=O)/C=C/C2COCCN2)C1)c1nc(OC[C@@]23CCCN2C[C@H](F)C3)nc2c(F)c(-c3cccc4ccc(F)c(Cl)c34)ncc12. The lowest BCUT2D eigenvalue weighted by Gasteiger charge is -2.30. The van der Waals surface area contributed by atoms with Crippen LogP contribution in [-0.4, -0.2) is 119 Å². The monoisotopic (exact) mass is 734 g/mol. The Bertz CT molecular complexity index is 2090. The zero-order valence-corrected chi connectivity index (χ0v) is 29.6. The van der Waals surface area contributed by atoms with Gasteiger partial charge in [0.05, 0.1) is 37.0 Å². The molecule has 14 heteroatoms. The van der Waals surface area contributed by atoms with Gasteiger partial charge in [-0.15, -0.1) is 0 Å². The van der Waals surface area contributed by atoms with Gasteiger partial charge in [-0.2, -0.15) is 4.98 Å². The molecular weight excluding hydrogens is 695 g/mol. The van der Waals surface area contributed by atoms with Gasteiger partial charge in [0.25, 0.3) is 0 Å². The molecule has 0 spiro atoms. The van der Waals surface area contributed by atoms with Crippen molar-refractivity contribution >= 4 is 51.2 Å². The number of hydrogen-bond donors (Lipinski definition) is 1. The summed E-state index contributed by atoms with van der Waals surface area (Å²) in [5, 5.41) is 4.50. The summed E-state index contributed by atoms with van der Waals surface area (Å²) in [6.45, 7) is 4.37. The van der Waals surface area contributed by atoms with Crippen LogP contribution in [0.2, 0.25) is 5.02 Å². The van der Waals surface area contributed by atoms with Crippen LogP contribution in [0.5, 0.6) is 6.01 Å². The highest BCUT2D eigenvalue weighted by molar-refractivity contribution is 6.36. The first-order valence-corrected chi connectivity index (χ1v) is 18.2. The fraction of sp³-hybridized carbons (Fsp3) is 0.447. The number of nitrogens with one attached hydrogen (secondary N) is 1. The summed E-state index contributed by atoms with van der Waals surface area (Å²) in [6, 6.07) is 7.98. The number of pyridine rings is 1. The Morgan fingerprint density at radius 1 is 1.21 bits per heavy atom. The maximum atomic E-state index is 16.8. The van der Waals surface area contributed by atoms with Crippen LogP contribution < -0.4 is 10.1 Å². The van der Waals surface area contributed by atoms with Crippen LogP contribution in [-0.2, 0) is 9.53 Å². The number of alkyl halides is 1. The van der Waals surface area contributed by atoms with Crippen LogP contribution in [0.3, 0.4) is 0 Å². The third-order valence-electron chi connectivity index (χ3n) is 10.8. The van der Waals surface area contributed by atoms with Gasteiger partial charge >= 0.3 is 11.8 Å². The van der Waals surface area contributed by atoms with Crippen molar-refractivity contribution in [3.63, 3.8) is 0 Å². The maximum Gasteiger partial charge on any atom is 0.434 e. The Morgan fingerprint density at radius 2 is 2.10 bits per heavy atom. The highest BCUT2D eigenvalue weighted by Crippen LogP contribution is 2.41. The zero-order chi connectivity index (χ0) is 36.0. The number of nitrogens with zero attached hydrogens (tertiary/aromatic N) is 6. The number of carbonyl (C=O) groups excluding carboxylic acids is 1. The van der Waals surface area contributed by atoms with E-state index >= 15 is 4.39 Å². The Balaban J connectivity index is 1.14. The van der Waals surface area contributed by atoms with Gasteiger partial charge in [-0.05, 0) is 37.3 Å². The van der Waals surface area contributed by atoms with Gasteiger partial charge in [0.2, 0.25) is 5.91 Å². The maximum absolute atomic E-state index is 16.8. The number of benzene rings is 2. The number of rotatable bonds is 8. The van der Waals surface area contributed by atoms with Crippen LogP contribution in [0.1, 0.15) is 25.7 Å². The first-order chi connectivity index (χ1) is 25.2. The van der Waals surface area contributed by atoms with Gasteiger partial charge in [-0.25, -0.2) is 17.7 Å². The minimum Gasteiger partial charge on any atom is -0.443 e. The quantitative estimate of drug-likeness (QED) is 0.145. The average Bonchev–Trinajstić information content (AvgIpc) is 3.86. The second kappa shape index (κ2) is 14.3. The summed E-state index contributed by atoms with van der Waals surface area (Å²) < 4.78 is 59.5. The number of carbonyl (C=O) groups is 1. The molecule has 0 bridgehead atoms. The van der Waals surface area contributed by atoms with Crippen molar-refractivity contribution in [1.29, 1.82) is 0 Å². The molecule has 2 aromatic carbocycles. The molecule has 2 aromatic heterocycles. The number of halogens is 4. The summed E-state index contributed by atoms with van der Waals surface area (Å²) in [5.41, 5.74) is -0.215. The lowest BCUT2D eigenvalue weighted by Crippen LogP contribution is -2.43. The van der Waals surface area contributed by atoms with E-state index in [0.29, 0.717) is 66.8 Å². The number of aromatic nitrogens is 3. The molecule has 4 aliphatic heterocycles. The molecule has 10 nitrogen and oxygen atoms in total. The molecular formula is C38H40ClF3N7O3+. The summed E-state index contributed by atoms with van der Waals surface area (Å²) in [6.07, 6.45) is 8.82. The predicted molar refractivity (Wildman–Crippen MR) is 192 cm³/mol. The van der Waals surface area contributed by atoms with Gasteiger partial charge in [0.15, 0.2) is 5.82 Å². The second-order valence-electron chi connectivity index (χ2n) is 14.2. The van der Waals surface area contributed by atoms with Crippen LogP contribution in [0.15, 0.2) is 48.7 Å². The Morgan fingerprint density at radius 3 is 2.94 bits per heavy atom. The molecule has 52 heavy (non-hydrogen) atoms. The van der Waals surface area contributed by atoms with Crippen LogP contribution in [0, 0.1) is 17.6 Å². The molecule has 0 saturated carbocycles. The molecule has 2 unspecified atom stereocenters. The zero-order valence-electron chi connectivity index (χ0n) is 28.8. The van der Waals surface area contributed by atoms with E-state index in [-0.39, 0.29) is 46.7 Å². The van der Waals surface area contributed by atoms with Crippen molar-refractivity contribution in [2.75, 3.05) is 59.6 Å². The minimum absolute atomic E-state index is 0.00332. The normalized spacial score (nSPS) is 25.5. The second-order valence-corrected chi connectivity index (χ2v) is 14.6. The summed E-state index contributed by atoms with van der Waals surface area (Å²) >= 11 is 6.42. The Hall–Kier alpha value is -4.17. The molecule has 1 N–H and O–H groups in total. The highest BCUT2D eigenvalue weighted by Gasteiger charge is 2.49. The van der Waals surface area contributed by atoms with E-state index < -0.39 is 23.3 Å². The average molecular weight is 735 g/mol. The fourth-order valence-corrected chi connectivity index (χ4v) is 8.48. The van der Waals surface area contributed by atoms with Gasteiger partial charge in [0, 0.05) is 72.8 Å². The highest BCUT2D eigenvalue weighted by atomic mass is 35.5. The number of ether oxygens (including phenoxy) is 2. The molecule has 8 rings (SSSR count). The van der Waals surface area contributed by atoms with Crippen molar-refractivity contribution in [1.82, 2.24) is 30.1 Å². The lowest BCUT2D eigenvalue weighted by molar-refractivity contribution is -0.405. The number of hydrogen-bond acceptors (Lipinski definition) is 8. The van der Waals surface area contributed by atoms with Gasteiger partial charge in [-0.1, -0.05) is 41.9 Å². The topological polar surface area (TPSA) is 95.7 Å². The standard InChI is InChI=1S/C38H40ClF3N7O3/c1-47(18-23-10-14-48(19-23)30(50)9-7-26-21-51-15-12-43-26)36-28-17-44-34(27-5-2-4-24-6-8-29(41)32(39)31(24)27)33(42)35(28)45-37(46-36)52-22-38-11-3-13-49(38)20-25(40)16-38/h2,4-9,17-18,23,25-26,43H,3,10-16,19-22H2,1H3/q+1/b9-7+,47-18?/t23?,25-,26?,38+/m1/s1. The summed E-state index contributed by atoms with van der Waals surface area (Å²) in [7, 11) is 1.81. The molecule has 1 amide bonds. The third-order valence-corrected chi connectivity index (χ3v) is 11.2. The molecule has 4 aromatic rings. The predicted octanol–water partition coefficient (Wildman–Crippen LogP) is 5.47. The molecule has 4 fully saturated rings. The Labute approximate surface area is 304 Å². The molecule has 4 saturated heterocycles. The number of fused-ring (bicyclic) bond motifs is 3. The minimum atomic E-state index is -0.938. The van der Waals surface area contributed by atoms with E-state index in [9.17, 15) is 13.6 Å². The van der Waals surface area contributed by atoms with E-state index in [1.54, 1.807) is 39.8 Å². The molecule has 4 aliphatic rings. The van der Waals surface area contributed by atoms with E-state index in [4.69, 9.17) is 26.1 Å². The van der Waals surface area contributed by atoms with Crippen LogP contribution >= 0.6 is 11.6 Å². The number of amides is 1. The smallest absolute Gasteiger partial charge is 0.434 e. The van der Waals surface area contributed by atoms with Crippen molar-refractivity contribution in [2.45, 2.75) is 43.4 Å². The summed E-state index contributed by atoms with van der Waals surface area (Å²) in [5.74, 6) is -1.06. The first-order valence-electron chi connectivity index (χ1n) is 17.8. The number of morpholine rings is 1. The molecule has 0 radical (unpaired) electrons. The lowest BCUT2D eigenvalue weighted by atomic mass is 9.95. The van der Waals surface area contributed by atoms with Gasteiger partial charge in [0.1, 0.15) is 35.2 Å². The van der Waals surface area contributed by atoms with E-state index in [2.05, 4.69) is 20.2 Å². The van der Waals surface area contributed by atoms with E-state index in [0.717, 1.165) is 32.4 Å². The molecule has 6 heterocycles. The van der Waals surface area contributed by atoms with Crippen molar-refractivity contribution in [3.05, 3.63) is 65.3 Å². The molecule has 272 valence electrons. The fourth-order valence-electron chi connectivity index (χ4n) is 8.21. The molecule has 4 atom stereocenters.